The molecule has 0 fully saturated rings. The zero-order valence-corrected chi connectivity index (χ0v) is 19.3. The molecule has 4 aromatic carbocycles. The van der Waals surface area contributed by atoms with E-state index < -0.39 is 0 Å². The molecule has 0 spiro atoms. The van der Waals surface area contributed by atoms with E-state index in [0.29, 0.717) is 23.7 Å². The summed E-state index contributed by atoms with van der Waals surface area (Å²) in [6.07, 6.45) is 0.804. The molecule has 0 atom stereocenters. The highest BCUT2D eigenvalue weighted by Crippen LogP contribution is 2.25. The maximum absolute atomic E-state index is 12.6. The molecule has 0 saturated carbocycles. The molecule has 1 heterocycles. The number of nitrogens with zero attached hydrogens (tertiary/aromatic N) is 2. The summed E-state index contributed by atoms with van der Waals surface area (Å²) in [5.41, 5.74) is 2.47. The molecule has 0 saturated heterocycles. The number of imidazole rings is 1. The van der Waals surface area contributed by atoms with Gasteiger partial charge in [-0.3, -0.25) is 4.79 Å². The van der Waals surface area contributed by atoms with Gasteiger partial charge in [-0.15, -0.1) is 0 Å². The average Bonchev–Trinajstić information content (AvgIpc) is 3.22. The maximum Gasteiger partial charge on any atom is 0.251 e. The largest absolute Gasteiger partial charge is 0.493 e. The molecule has 1 amide bonds. The van der Waals surface area contributed by atoms with E-state index in [-0.39, 0.29) is 5.91 Å². The maximum atomic E-state index is 12.6. The van der Waals surface area contributed by atoms with Gasteiger partial charge < -0.3 is 14.6 Å². The highest BCUT2D eigenvalue weighted by Gasteiger charge is 2.13. The Bertz CT molecular complexity index is 1460. The molecule has 5 rings (SSSR count). The van der Waals surface area contributed by atoms with Gasteiger partial charge in [0.2, 0.25) is 0 Å². The van der Waals surface area contributed by atoms with Gasteiger partial charge >= 0.3 is 0 Å². The molecular weight excluding hydrogens is 446 g/mol. The molecule has 170 valence electrons. The Hall–Kier alpha value is -3.83. The number of carbonyl (C=O) groups excluding carboxylic acids is 1. The smallest absolute Gasteiger partial charge is 0.251 e. The van der Waals surface area contributed by atoms with Crippen molar-refractivity contribution in [3.63, 3.8) is 0 Å². The first-order chi connectivity index (χ1) is 16.7. The zero-order valence-electron chi connectivity index (χ0n) is 18.6. The second-order valence-corrected chi connectivity index (χ2v) is 8.48. The van der Waals surface area contributed by atoms with E-state index in [1.54, 1.807) is 24.3 Å². The Morgan fingerprint density at radius 1 is 0.941 bits per heavy atom. The number of nitrogens with one attached hydrogen (secondary N) is 1. The summed E-state index contributed by atoms with van der Waals surface area (Å²) in [4.78, 5) is 17.3. The number of hydrogen-bond acceptors (Lipinski definition) is 3. The Labute approximate surface area is 203 Å². The van der Waals surface area contributed by atoms with Crippen molar-refractivity contribution in [3.05, 3.63) is 107 Å². The number of aromatic nitrogens is 2. The highest BCUT2D eigenvalue weighted by atomic mass is 35.5. The fourth-order valence-corrected chi connectivity index (χ4v) is 4.32. The van der Waals surface area contributed by atoms with E-state index >= 15 is 0 Å². The van der Waals surface area contributed by atoms with Gasteiger partial charge in [0.05, 0.1) is 24.2 Å². The van der Waals surface area contributed by atoms with E-state index in [9.17, 15) is 4.79 Å². The van der Waals surface area contributed by atoms with Crippen LogP contribution in [-0.4, -0.2) is 22.1 Å². The Balaban J connectivity index is 1.28. The van der Waals surface area contributed by atoms with Crippen LogP contribution in [0.1, 0.15) is 22.6 Å². The summed E-state index contributed by atoms with van der Waals surface area (Å²) in [6.45, 7) is 1.63. The van der Waals surface area contributed by atoms with Crippen LogP contribution in [0.25, 0.3) is 21.8 Å². The van der Waals surface area contributed by atoms with Crippen LogP contribution in [0.3, 0.4) is 0 Å². The Kier molecular flexibility index (Phi) is 6.45. The molecule has 0 aliphatic rings. The number of fused-ring (bicyclic) bond motifs is 2. The first kappa shape index (κ1) is 22.0. The average molecular weight is 470 g/mol. The van der Waals surface area contributed by atoms with Crippen molar-refractivity contribution in [2.45, 2.75) is 19.5 Å². The lowest BCUT2D eigenvalue weighted by atomic mass is 10.1. The van der Waals surface area contributed by atoms with Crippen LogP contribution in [0.2, 0.25) is 5.02 Å². The molecule has 0 aliphatic heterocycles. The predicted molar refractivity (Wildman–Crippen MR) is 136 cm³/mol. The molecule has 1 aromatic heterocycles. The van der Waals surface area contributed by atoms with Crippen LogP contribution < -0.4 is 10.1 Å². The molecule has 1 N–H and O–H groups in total. The predicted octanol–water partition coefficient (Wildman–Crippen LogP) is 6.24. The first-order valence-corrected chi connectivity index (χ1v) is 11.7. The van der Waals surface area contributed by atoms with Gasteiger partial charge in [-0.1, -0.05) is 66.2 Å². The molecule has 6 heteroatoms. The minimum absolute atomic E-state index is 0.180. The lowest BCUT2D eigenvalue weighted by Crippen LogP contribution is -2.25. The monoisotopic (exact) mass is 469 g/mol. The van der Waals surface area contributed by atoms with Gasteiger partial charge in [0, 0.05) is 22.5 Å². The van der Waals surface area contributed by atoms with Gasteiger partial charge in [0.25, 0.3) is 5.91 Å². The van der Waals surface area contributed by atoms with Crippen molar-refractivity contribution >= 4 is 39.3 Å². The quantitative estimate of drug-likeness (QED) is 0.273. The van der Waals surface area contributed by atoms with Crippen molar-refractivity contribution in [3.8, 4) is 5.75 Å². The number of carbonyl (C=O) groups is 1. The van der Waals surface area contributed by atoms with Crippen LogP contribution >= 0.6 is 11.6 Å². The SMILES string of the molecule is O=C(NCc1nc2ccccc2n1CCCOc1cccc2ccccc12)c1cccc(Cl)c1. The molecule has 0 bridgehead atoms. The second kappa shape index (κ2) is 9.98. The summed E-state index contributed by atoms with van der Waals surface area (Å²) in [7, 11) is 0. The lowest BCUT2D eigenvalue weighted by molar-refractivity contribution is 0.0949. The van der Waals surface area contributed by atoms with Crippen molar-refractivity contribution < 1.29 is 9.53 Å². The molecule has 5 nitrogen and oxygen atoms in total. The third-order valence-corrected chi connectivity index (χ3v) is 6.00. The number of para-hydroxylation sites is 2. The minimum atomic E-state index is -0.180. The number of ether oxygens (including phenoxy) is 1. The van der Waals surface area contributed by atoms with Gasteiger partial charge in [0.15, 0.2) is 0 Å². The van der Waals surface area contributed by atoms with E-state index in [1.807, 2.05) is 42.5 Å². The van der Waals surface area contributed by atoms with Gasteiger partial charge in [-0.05, 0) is 48.2 Å². The number of halogens is 1. The summed E-state index contributed by atoms with van der Waals surface area (Å²) >= 11 is 6.02. The molecule has 0 aliphatic carbocycles. The number of rotatable bonds is 8. The lowest BCUT2D eigenvalue weighted by Gasteiger charge is -2.12. The van der Waals surface area contributed by atoms with Crippen LogP contribution in [0.5, 0.6) is 5.75 Å². The normalized spacial score (nSPS) is 11.1. The van der Waals surface area contributed by atoms with E-state index in [0.717, 1.165) is 41.0 Å². The Morgan fingerprint density at radius 2 is 1.74 bits per heavy atom. The van der Waals surface area contributed by atoms with Crippen LogP contribution in [-0.2, 0) is 13.1 Å². The first-order valence-electron chi connectivity index (χ1n) is 11.3. The molecule has 0 unspecified atom stereocenters. The van der Waals surface area contributed by atoms with Crippen molar-refractivity contribution in [1.82, 2.24) is 14.9 Å². The van der Waals surface area contributed by atoms with Crippen LogP contribution in [0.4, 0.5) is 0 Å². The molecular formula is C28H24ClN3O2. The summed E-state index contributed by atoms with van der Waals surface area (Å²) in [6, 6.07) is 29.3. The number of hydrogen-bond donors (Lipinski definition) is 1. The van der Waals surface area contributed by atoms with Gasteiger partial charge in [-0.25, -0.2) is 4.98 Å². The van der Waals surface area contributed by atoms with E-state index in [2.05, 4.69) is 34.1 Å². The summed E-state index contributed by atoms with van der Waals surface area (Å²) < 4.78 is 8.27. The minimum Gasteiger partial charge on any atom is -0.493 e. The van der Waals surface area contributed by atoms with Gasteiger partial charge in [-0.2, -0.15) is 0 Å². The molecule has 5 aromatic rings. The van der Waals surface area contributed by atoms with Crippen molar-refractivity contribution in [2.75, 3.05) is 6.61 Å². The number of benzene rings is 4. The highest BCUT2D eigenvalue weighted by molar-refractivity contribution is 6.30. The Morgan fingerprint density at radius 3 is 2.65 bits per heavy atom. The topological polar surface area (TPSA) is 56.2 Å². The standard InChI is InChI=1S/C28H24ClN3O2/c29-22-11-5-10-21(18-22)28(33)30-19-27-31-24-13-3-4-14-25(24)32(27)16-7-17-34-26-15-6-9-20-8-1-2-12-23(20)26/h1-6,8-15,18H,7,16-17,19H2,(H,30,33). The van der Waals surface area contributed by atoms with Gasteiger partial charge in [0.1, 0.15) is 11.6 Å². The fourth-order valence-electron chi connectivity index (χ4n) is 4.13. The molecule has 34 heavy (non-hydrogen) atoms. The van der Waals surface area contributed by atoms with E-state index in [1.165, 1.54) is 5.39 Å². The number of amides is 1. The van der Waals surface area contributed by atoms with Crippen LogP contribution in [0, 0.1) is 0 Å². The summed E-state index contributed by atoms with van der Waals surface area (Å²) in [5.74, 6) is 1.52. The van der Waals surface area contributed by atoms with Crippen LogP contribution in [0.15, 0.2) is 91.0 Å². The molecule has 0 radical (unpaired) electrons. The third kappa shape index (κ3) is 4.75. The van der Waals surface area contributed by atoms with E-state index in [4.69, 9.17) is 21.3 Å². The zero-order chi connectivity index (χ0) is 23.3. The third-order valence-electron chi connectivity index (χ3n) is 5.76. The van der Waals surface area contributed by atoms with Crippen molar-refractivity contribution in [2.24, 2.45) is 0 Å². The van der Waals surface area contributed by atoms with Crippen molar-refractivity contribution in [1.29, 1.82) is 0 Å². The summed E-state index contributed by atoms with van der Waals surface area (Å²) in [5, 5.41) is 5.78. The fraction of sp³-hybridized carbons (Fsp3) is 0.143. The number of aryl methyl sites for hydroxylation is 1. The second-order valence-electron chi connectivity index (χ2n) is 8.04.